The van der Waals surface area contributed by atoms with Crippen LogP contribution >= 0.6 is 0 Å². The van der Waals surface area contributed by atoms with Crippen molar-refractivity contribution in [2.45, 2.75) is 65.0 Å². The lowest BCUT2D eigenvalue weighted by atomic mass is 10.0. The maximum atomic E-state index is 12.9. The van der Waals surface area contributed by atoms with Crippen LogP contribution in [0, 0.1) is 0 Å². The highest BCUT2D eigenvalue weighted by Gasteiger charge is 2.55. The summed E-state index contributed by atoms with van der Waals surface area (Å²) >= 11 is 0. The molecular weight excluding hydrogens is 322 g/mol. The van der Waals surface area contributed by atoms with E-state index in [-0.39, 0.29) is 6.61 Å². The molecule has 0 radical (unpaired) electrons. The molecule has 1 amide bonds. The number of rotatable bonds is 3. The Morgan fingerprint density at radius 1 is 1.20 bits per heavy atom. The first kappa shape index (κ1) is 19.2. The standard InChI is InChI=1S/C19H27NO5/c1-7-23-16(21)15-14(13-11-9-8-10-12-13)20(19(5,6)24-15)17(22)25-18(2,3)4/h8-12,14-15H,7H2,1-6H3. The van der Waals surface area contributed by atoms with Crippen LogP contribution in [0.3, 0.4) is 0 Å². The van der Waals surface area contributed by atoms with E-state index in [4.69, 9.17) is 14.2 Å². The molecule has 0 bridgehead atoms. The third-order valence-electron chi connectivity index (χ3n) is 3.81. The van der Waals surface area contributed by atoms with Crippen LogP contribution in [0.5, 0.6) is 0 Å². The van der Waals surface area contributed by atoms with E-state index < -0.39 is 35.5 Å². The van der Waals surface area contributed by atoms with Crippen molar-refractivity contribution in [3.8, 4) is 0 Å². The van der Waals surface area contributed by atoms with Crippen LogP contribution in [-0.2, 0) is 19.0 Å². The van der Waals surface area contributed by atoms with Gasteiger partial charge in [0.1, 0.15) is 17.4 Å². The number of hydrogen-bond donors (Lipinski definition) is 0. The molecule has 25 heavy (non-hydrogen) atoms. The van der Waals surface area contributed by atoms with Gasteiger partial charge in [0.05, 0.1) is 6.61 Å². The molecule has 1 fully saturated rings. The van der Waals surface area contributed by atoms with E-state index in [0.29, 0.717) is 0 Å². The van der Waals surface area contributed by atoms with Crippen molar-refractivity contribution in [2.75, 3.05) is 6.61 Å². The van der Waals surface area contributed by atoms with Crippen molar-refractivity contribution in [2.24, 2.45) is 0 Å². The molecule has 2 rings (SSSR count). The minimum atomic E-state index is -1.01. The van der Waals surface area contributed by atoms with Crippen molar-refractivity contribution in [1.82, 2.24) is 4.90 Å². The molecule has 0 aromatic heterocycles. The SMILES string of the molecule is CCOC(=O)C1OC(C)(C)N(C(=O)OC(C)(C)C)C1c1ccccc1. The van der Waals surface area contributed by atoms with Gasteiger partial charge in [0.25, 0.3) is 0 Å². The minimum Gasteiger partial charge on any atom is -0.464 e. The molecule has 0 saturated carbocycles. The van der Waals surface area contributed by atoms with Gasteiger partial charge in [-0.05, 0) is 47.1 Å². The Bertz CT molecular complexity index is 620. The van der Waals surface area contributed by atoms with Gasteiger partial charge in [0.2, 0.25) is 0 Å². The molecule has 2 atom stereocenters. The lowest BCUT2D eigenvalue weighted by molar-refractivity contribution is -0.161. The number of esters is 1. The summed E-state index contributed by atoms with van der Waals surface area (Å²) in [5.74, 6) is -0.490. The monoisotopic (exact) mass is 349 g/mol. The Labute approximate surface area is 149 Å². The predicted octanol–water partition coefficient (Wildman–Crippen LogP) is 3.66. The normalized spacial score (nSPS) is 22.6. The second-order valence-corrected chi connectivity index (χ2v) is 7.44. The van der Waals surface area contributed by atoms with E-state index in [9.17, 15) is 9.59 Å². The molecule has 1 saturated heterocycles. The van der Waals surface area contributed by atoms with Gasteiger partial charge in [-0.25, -0.2) is 9.59 Å². The minimum absolute atomic E-state index is 0.243. The molecule has 1 aromatic carbocycles. The second-order valence-electron chi connectivity index (χ2n) is 7.44. The van der Waals surface area contributed by atoms with E-state index in [2.05, 4.69) is 0 Å². The molecule has 6 nitrogen and oxygen atoms in total. The van der Waals surface area contributed by atoms with Gasteiger partial charge in [0, 0.05) is 0 Å². The average Bonchev–Trinajstić information content (AvgIpc) is 2.78. The summed E-state index contributed by atoms with van der Waals surface area (Å²) in [7, 11) is 0. The Balaban J connectivity index is 2.45. The van der Waals surface area contributed by atoms with Gasteiger partial charge in [-0.1, -0.05) is 30.3 Å². The van der Waals surface area contributed by atoms with Crippen LogP contribution in [-0.4, -0.2) is 41.0 Å². The topological polar surface area (TPSA) is 65.1 Å². The van der Waals surface area contributed by atoms with Gasteiger partial charge in [0.15, 0.2) is 6.10 Å². The number of nitrogens with zero attached hydrogens (tertiary/aromatic N) is 1. The Morgan fingerprint density at radius 2 is 1.80 bits per heavy atom. The molecular formula is C19H27NO5. The molecule has 1 heterocycles. The Hall–Kier alpha value is -2.08. The van der Waals surface area contributed by atoms with Crippen molar-refractivity contribution in [3.63, 3.8) is 0 Å². The predicted molar refractivity (Wildman–Crippen MR) is 92.8 cm³/mol. The largest absolute Gasteiger partial charge is 0.464 e. The summed E-state index contributed by atoms with van der Waals surface area (Å²) in [6.07, 6.45) is -1.44. The van der Waals surface area contributed by atoms with Crippen molar-refractivity contribution in [3.05, 3.63) is 35.9 Å². The maximum absolute atomic E-state index is 12.9. The number of amides is 1. The summed E-state index contributed by atoms with van der Waals surface area (Å²) in [5.41, 5.74) is -0.881. The van der Waals surface area contributed by atoms with Crippen molar-refractivity contribution >= 4 is 12.1 Å². The number of hydrogen-bond acceptors (Lipinski definition) is 5. The van der Waals surface area contributed by atoms with Crippen LogP contribution in [0.1, 0.15) is 53.1 Å². The zero-order valence-corrected chi connectivity index (χ0v) is 15.7. The molecule has 1 aliphatic heterocycles. The summed E-state index contributed by atoms with van der Waals surface area (Å²) in [6, 6.07) is 8.69. The lowest BCUT2D eigenvalue weighted by Crippen LogP contribution is -2.47. The van der Waals surface area contributed by atoms with E-state index in [0.717, 1.165) is 5.56 Å². The fraction of sp³-hybridized carbons (Fsp3) is 0.579. The Kier molecular flexibility index (Phi) is 5.42. The van der Waals surface area contributed by atoms with Gasteiger partial charge < -0.3 is 14.2 Å². The van der Waals surface area contributed by atoms with Gasteiger partial charge in [-0.3, -0.25) is 4.90 Å². The first-order chi connectivity index (χ1) is 11.6. The number of carbonyl (C=O) groups excluding carboxylic acids is 2. The smallest absolute Gasteiger partial charge is 0.413 e. The van der Waals surface area contributed by atoms with Gasteiger partial charge >= 0.3 is 12.1 Å². The zero-order chi connectivity index (χ0) is 18.8. The summed E-state index contributed by atoms with van der Waals surface area (Å²) < 4.78 is 16.6. The summed E-state index contributed by atoms with van der Waals surface area (Å²) in [6.45, 7) is 10.9. The zero-order valence-electron chi connectivity index (χ0n) is 15.7. The molecule has 1 aromatic rings. The highest BCUT2D eigenvalue weighted by molar-refractivity contribution is 5.79. The quantitative estimate of drug-likeness (QED) is 0.779. The number of carbonyl (C=O) groups is 2. The molecule has 0 spiro atoms. The fourth-order valence-electron chi connectivity index (χ4n) is 2.92. The molecule has 138 valence electrons. The van der Waals surface area contributed by atoms with E-state index in [1.165, 1.54) is 4.90 Å². The number of benzene rings is 1. The van der Waals surface area contributed by atoms with E-state index in [1.54, 1.807) is 41.5 Å². The van der Waals surface area contributed by atoms with Crippen molar-refractivity contribution in [1.29, 1.82) is 0 Å². The summed E-state index contributed by atoms with van der Waals surface area (Å²) in [4.78, 5) is 26.8. The summed E-state index contributed by atoms with van der Waals surface area (Å²) in [5, 5.41) is 0. The molecule has 2 unspecified atom stereocenters. The molecule has 6 heteroatoms. The highest BCUT2D eigenvalue weighted by Crippen LogP contribution is 2.42. The van der Waals surface area contributed by atoms with Gasteiger partial charge in [-0.15, -0.1) is 0 Å². The average molecular weight is 349 g/mol. The molecule has 0 aliphatic carbocycles. The maximum Gasteiger partial charge on any atom is 0.413 e. The van der Waals surface area contributed by atoms with Crippen LogP contribution in [0.25, 0.3) is 0 Å². The van der Waals surface area contributed by atoms with Crippen LogP contribution in [0.15, 0.2) is 30.3 Å². The van der Waals surface area contributed by atoms with E-state index >= 15 is 0 Å². The van der Waals surface area contributed by atoms with E-state index in [1.807, 2.05) is 30.3 Å². The van der Waals surface area contributed by atoms with Crippen molar-refractivity contribution < 1.29 is 23.8 Å². The highest BCUT2D eigenvalue weighted by atomic mass is 16.6. The van der Waals surface area contributed by atoms with Crippen LogP contribution in [0.4, 0.5) is 4.79 Å². The number of ether oxygens (including phenoxy) is 3. The molecule has 0 N–H and O–H groups in total. The fourth-order valence-corrected chi connectivity index (χ4v) is 2.92. The first-order valence-electron chi connectivity index (χ1n) is 8.48. The Morgan fingerprint density at radius 3 is 2.32 bits per heavy atom. The molecule has 1 aliphatic rings. The third-order valence-corrected chi connectivity index (χ3v) is 3.81. The third kappa shape index (κ3) is 4.31. The van der Waals surface area contributed by atoms with Gasteiger partial charge in [-0.2, -0.15) is 0 Å². The van der Waals surface area contributed by atoms with Crippen LogP contribution in [0.2, 0.25) is 0 Å². The lowest BCUT2D eigenvalue weighted by Gasteiger charge is -2.35. The first-order valence-corrected chi connectivity index (χ1v) is 8.48. The van der Waals surface area contributed by atoms with Crippen LogP contribution < -0.4 is 0 Å². The second kappa shape index (κ2) is 7.04.